The summed E-state index contributed by atoms with van der Waals surface area (Å²) in [6.45, 7) is 8.89. The van der Waals surface area contributed by atoms with E-state index in [9.17, 15) is 4.80 Å². The number of thiol groups is 1. The van der Waals surface area contributed by atoms with Gasteiger partial charge < -0.3 is 25.2 Å². The van der Waals surface area contributed by atoms with Gasteiger partial charge in [0, 0.05) is 55.5 Å². The lowest BCUT2D eigenvalue weighted by Gasteiger charge is -2.43. The molecule has 2 aromatic carbocycles. The molecule has 238 valence electrons. The number of thioether (sulfide) groups is 1. The van der Waals surface area contributed by atoms with Gasteiger partial charge in [0.05, 0.1) is 12.1 Å². The van der Waals surface area contributed by atoms with Gasteiger partial charge in [0.1, 0.15) is 0 Å². The molecule has 10 heteroatoms. The van der Waals surface area contributed by atoms with Crippen molar-refractivity contribution in [2.24, 2.45) is 9.98 Å². The predicted molar refractivity (Wildman–Crippen MR) is 192 cm³/mol. The van der Waals surface area contributed by atoms with E-state index in [1.807, 2.05) is 23.9 Å². The topological polar surface area (TPSA) is 75.5 Å². The Hall–Kier alpha value is -2.14. The van der Waals surface area contributed by atoms with Crippen molar-refractivity contribution in [1.82, 2.24) is 20.4 Å². The number of benzene rings is 2. The molecule has 4 aliphatic rings. The summed E-state index contributed by atoms with van der Waals surface area (Å²) in [5.74, 6) is 5.22. The minimum atomic E-state index is -3.00. The smallest absolute Gasteiger partial charge is 0.258 e. The Morgan fingerprint density at radius 3 is 1.93 bits per heavy atom. The van der Waals surface area contributed by atoms with E-state index in [2.05, 4.69) is 95.4 Å². The molecule has 0 aromatic heterocycles. The summed E-state index contributed by atoms with van der Waals surface area (Å²) in [6.07, 6.45) is 6.47. The molecular formula is C34H50N6OS2Si. The molecule has 0 aliphatic carbocycles. The Kier molecular flexibility index (Phi) is 10.2. The van der Waals surface area contributed by atoms with Crippen LogP contribution in [0.3, 0.4) is 0 Å². The number of rotatable bonds is 11. The van der Waals surface area contributed by atoms with Crippen molar-refractivity contribution in [1.29, 1.82) is 0 Å². The molecule has 2 saturated heterocycles. The van der Waals surface area contributed by atoms with Crippen LogP contribution in [0.25, 0.3) is 0 Å². The fraction of sp³-hybridized carbons (Fsp3) is 0.588. The number of hydrogen-bond acceptors (Lipinski definition) is 9. The summed E-state index contributed by atoms with van der Waals surface area (Å²) in [4.78, 5) is 27.7. The summed E-state index contributed by atoms with van der Waals surface area (Å²) in [6, 6.07) is 22.3. The molecule has 0 amide bonds. The molecule has 3 N–H and O–H groups in total. The van der Waals surface area contributed by atoms with E-state index >= 15 is 0 Å². The summed E-state index contributed by atoms with van der Waals surface area (Å²) < 4.78 is 0. The van der Waals surface area contributed by atoms with Crippen LogP contribution in [0.1, 0.15) is 52.4 Å². The van der Waals surface area contributed by atoms with E-state index in [-0.39, 0.29) is 11.1 Å². The highest BCUT2D eigenvalue weighted by Gasteiger charge is 2.49. The molecule has 7 nitrogen and oxygen atoms in total. The van der Waals surface area contributed by atoms with Crippen LogP contribution in [0.2, 0.25) is 5.04 Å². The highest BCUT2D eigenvalue weighted by Crippen LogP contribution is 2.41. The quantitative estimate of drug-likeness (QED) is 0.220. The molecule has 4 heterocycles. The molecule has 0 radical (unpaired) electrons. The second kappa shape index (κ2) is 14.1. The van der Waals surface area contributed by atoms with Crippen LogP contribution < -0.4 is 21.0 Å². The van der Waals surface area contributed by atoms with Gasteiger partial charge in [-0.1, -0.05) is 74.5 Å². The van der Waals surface area contributed by atoms with Crippen molar-refractivity contribution < 1.29 is 4.80 Å². The Bertz CT molecular complexity index is 1260. The van der Waals surface area contributed by atoms with Crippen LogP contribution >= 0.6 is 24.4 Å². The zero-order chi connectivity index (χ0) is 30.6. The second-order valence-electron chi connectivity index (χ2n) is 13.6. The third kappa shape index (κ3) is 6.98. The van der Waals surface area contributed by atoms with Gasteiger partial charge in [-0.25, -0.2) is 9.98 Å². The van der Waals surface area contributed by atoms with E-state index in [0.29, 0.717) is 18.1 Å². The number of nitrogens with one attached hydrogen (secondary N) is 2. The molecule has 0 bridgehead atoms. The zero-order valence-corrected chi connectivity index (χ0v) is 29.1. The number of fused-ring (bicyclic) bond motifs is 2. The van der Waals surface area contributed by atoms with E-state index < -0.39 is 8.32 Å². The molecule has 2 aromatic rings. The average Bonchev–Trinajstić information content (AvgIpc) is 3.07. The number of nitrogens with zero attached hydrogens (tertiary/aromatic N) is 4. The monoisotopic (exact) mass is 650 g/mol. The number of aliphatic imine (C=N–C) groups is 2. The Labute approximate surface area is 274 Å². The predicted octanol–water partition coefficient (Wildman–Crippen LogP) is 3.55. The molecule has 4 aliphatic heterocycles. The summed E-state index contributed by atoms with van der Waals surface area (Å²) in [5, 5.41) is 9.33. The fourth-order valence-corrected chi connectivity index (χ4v) is 12.4. The fourth-order valence-electron chi connectivity index (χ4n) is 7.24. The second-order valence-corrected chi connectivity index (χ2v) is 19.0. The van der Waals surface area contributed by atoms with Crippen LogP contribution in [0, 0.1) is 0 Å². The van der Waals surface area contributed by atoms with Crippen molar-refractivity contribution in [3.8, 4) is 0 Å². The third-order valence-corrected chi connectivity index (χ3v) is 16.4. The third-order valence-electron chi connectivity index (χ3n) is 10.1. The van der Waals surface area contributed by atoms with Crippen molar-refractivity contribution in [2.75, 3.05) is 43.4 Å². The first-order valence-corrected chi connectivity index (χ1v) is 20.3. The lowest BCUT2D eigenvalue weighted by atomic mass is 9.99. The molecule has 0 saturated carbocycles. The van der Waals surface area contributed by atoms with Crippen LogP contribution in [-0.4, -0.2) is 102 Å². The normalized spacial score (nSPS) is 25.6. The minimum Gasteiger partial charge on any atom is -0.424 e. The van der Waals surface area contributed by atoms with E-state index in [1.54, 1.807) is 0 Å². The minimum absolute atomic E-state index is 0.244. The maximum Gasteiger partial charge on any atom is 0.258 e. The van der Waals surface area contributed by atoms with Crippen LogP contribution in [0.5, 0.6) is 0 Å². The Balaban J connectivity index is 1.04. The first kappa shape index (κ1) is 31.8. The average molecular weight is 651 g/mol. The first-order valence-electron chi connectivity index (χ1n) is 16.6. The molecule has 4 atom stereocenters. The number of guanidine groups is 2. The maximum atomic E-state index is 12.6. The van der Waals surface area contributed by atoms with Crippen LogP contribution in [0.15, 0.2) is 70.6 Å². The van der Waals surface area contributed by atoms with Gasteiger partial charge in [0.2, 0.25) is 0 Å². The maximum absolute atomic E-state index is 12.6. The van der Waals surface area contributed by atoms with Crippen LogP contribution in [-0.2, 0) is 0 Å². The van der Waals surface area contributed by atoms with Gasteiger partial charge in [0.25, 0.3) is 8.32 Å². The molecule has 0 unspecified atom stereocenters. The Morgan fingerprint density at radius 2 is 1.32 bits per heavy atom. The van der Waals surface area contributed by atoms with Crippen molar-refractivity contribution >= 4 is 55.0 Å². The molecule has 6 rings (SSSR count). The molecule has 0 spiro atoms. The number of hydrogen-bond donors (Lipinski definition) is 4. The van der Waals surface area contributed by atoms with E-state index in [4.69, 9.17) is 9.98 Å². The Morgan fingerprint density at radius 1 is 0.795 bits per heavy atom. The highest BCUT2D eigenvalue weighted by molar-refractivity contribution is 7.99. The van der Waals surface area contributed by atoms with Gasteiger partial charge in [-0.2, -0.15) is 24.4 Å². The molecule has 44 heavy (non-hydrogen) atoms. The molecular weight excluding hydrogens is 601 g/mol. The van der Waals surface area contributed by atoms with Gasteiger partial charge in [-0.05, 0) is 53.9 Å². The summed E-state index contributed by atoms with van der Waals surface area (Å²) >= 11 is 6.53. The van der Waals surface area contributed by atoms with Crippen molar-refractivity contribution in [3.63, 3.8) is 0 Å². The van der Waals surface area contributed by atoms with Crippen molar-refractivity contribution in [3.05, 3.63) is 60.7 Å². The standard InChI is InChI=1S/C34H50N6OS2Si/c1-34(2,44(41,30-9-5-3-6-10-30)31-11-7-4-8-12-31)18-13-26-14-19-39-21-16-28(37-32(39)35-26)24-43-25-29-17-22-40-20-15-27(23-42)36-33(40)38-29/h3-12,26-29,41-42H,13-25H2,1-2H3,(H,35,37)(H,36,38)/t26-,27+,28+,29+/m0/s1. The zero-order valence-electron chi connectivity index (χ0n) is 26.4. The SMILES string of the molecule is CC(C)(CC[C@H]1CCN2CC[C@H](CSC[C@H]3CCN4CC[C@H](CS)NC4=N3)NC2=N1)[Si](O)(c1ccccc1)c1ccccc1. The lowest BCUT2D eigenvalue weighted by Crippen LogP contribution is -2.65. The van der Waals surface area contributed by atoms with Gasteiger partial charge in [-0.3, -0.25) is 0 Å². The van der Waals surface area contributed by atoms with E-state index in [0.717, 1.165) is 104 Å². The first-order chi connectivity index (χ1) is 21.4. The lowest BCUT2D eigenvalue weighted by molar-refractivity contribution is 0.291. The molecule has 2 fully saturated rings. The van der Waals surface area contributed by atoms with Gasteiger partial charge in [0.15, 0.2) is 11.9 Å². The van der Waals surface area contributed by atoms with E-state index in [1.165, 1.54) is 0 Å². The van der Waals surface area contributed by atoms with Crippen LogP contribution in [0.4, 0.5) is 0 Å². The van der Waals surface area contributed by atoms with Gasteiger partial charge >= 0.3 is 0 Å². The highest BCUT2D eigenvalue weighted by atomic mass is 32.2. The van der Waals surface area contributed by atoms with Crippen molar-refractivity contribution in [2.45, 2.75) is 81.6 Å². The summed E-state index contributed by atoms with van der Waals surface area (Å²) in [5.41, 5.74) is 0. The van der Waals surface area contributed by atoms with Gasteiger partial charge in [-0.15, -0.1) is 0 Å². The largest absolute Gasteiger partial charge is 0.424 e. The summed E-state index contributed by atoms with van der Waals surface area (Å²) in [7, 11) is -3.00.